The molecular formula is C28H24N4O3. The van der Waals surface area contributed by atoms with Crippen LogP contribution in [0, 0.1) is 0 Å². The Morgan fingerprint density at radius 2 is 1.66 bits per heavy atom. The fraction of sp³-hybridized carbons (Fsp3) is 0.107. The minimum absolute atomic E-state index is 0.185. The van der Waals surface area contributed by atoms with Gasteiger partial charge in [0.2, 0.25) is 5.88 Å². The second kappa shape index (κ2) is 9.69. The van der Waals surface area contributed by atoms with E-state index in [9.17, 15) is 9.90 Å². The number of fused-ring (bicyclic) bond motifs is 1. The van der Waals surface area contributed by atoms with Crippen LogP contribution in [-0.2, 0) is 6.54 Å². The first-order chi connectivity index (χ1) is 17.2. The highest BCUT2D eigenvalue weighted by molar-refractivity contribution is 6.02. The second-order valence-electron chi connectivity index (χ2n) is 7.94. The van der Waals surface area contributed by atoms with E-state index in [-0.39, 0.29) is 11.4 Å². The number of hydrogen-bond donors (Lipinski definition) is 1. The average Bonchev–Trinajstić information content (AvgIpc) is 3.32. The van der Waals surface area contributed by atoms with Gasteiger partial charge >= 0.3 is 0 Å². The number of aliphatic imine (C=N–C) groups is 1. The summed E-state index contributed by atoms with van der Waals surface area (Å²) in [6.07, 6.45) is 3.27. The Kier molecular flexibility index (Phi) is 6.13. The van der Waals surface area contributed by atoms with Gasteiger partial charge in [-0.05, 0) is 42.8 Å². The number of aromatic hydroxyl groups is 1. The van der Waals surface area contributed by atoms with Gasteiger partial charge in [-0.1, -0.05) is 48.5 Å². The molecule has 174 valence electrons. The van der Waals surface area contributed by atoms with E-state index in [2.05, 4.69) is 10.1 Å². The largest absolute Gasteiger partial charge is 0.494 e. The van der Waals surface area contributed by atoms with Crippen molar-refractivity contribution in [1.29, 1.82) is 0 Å². The Hall–Kier alpha value is -4.65. The Morgan fingerprint density at radius 3 is 2.40 bits per heavy atom. The number of hydrogen-bond acceptors (Lipinski definition) is 5. The molecule has 0 saturated heterocycles. The summed E-state index contributed by atoms with van der Waals surface area (Å²) in [6, 6.07) is 26.0. The van der Waals surface area contributed by atoms with Gasteiger partial charge in [0.1, 0.15) is 5.75 Å². The highest BCUT2D eigenvalue weighted by Gasteiger charge is 2.16. The topological polar surface area (TPSA) is 81.6 Å². The average molecular weight is 465 g/mol. The first-order valence-electron chi connectivity index (χ1n) is 11.4. The highest BCUT2D eigenvalue weighted by Crippen LogP contribution is 2.27. The quantitative estimate of drug-likeness (QED) is 0.340. The maximum Gasteiger partial charge on any atom is 0.265 e. The summed E-state index contributed by atoms with van der Waals surface area (Å²) in [7, 11) is 0. The van der Waals surface area contributed by atoms with Crippen LogP contribution in [0.4, 0.5) is 5.82 Å². The van der Waals surface area contributed by atoms with Crippen LogP contribution in [0.5, 0.6) is 11.6 Å². The van der Waals surface area contributed by atoms with Gasteiger partial charge in [0.25, 0.3) is 5.56 Å². The third-order valence-corrected chi connectivity index (χ3v) is 5.70. The van der Waals surface area contributed by atoms with Crippen LogP contribution < -0.4 is 10.3 Å². The third kappa shape index (κ3) is 4.44. The van der Waals surface area contributed by atoms with Crippen molar-refractivity contribution in [3.05, 3.63) is 113 Å². The number of aromatic nitrogens is 3. The van der Waals surface area contributed by atoms with Gasteiger partial charge in [-0.25, -0.2) is 14.2 Å². The summed E-state index contributed by atoms with van der Waals surface area (Å²) >= 11 is 0. The summed E-state index contributed by atoms with van der Waals surface area (Å²) in [5, 5.41) is 16.7. The Bertz CT molecular complexity index is 1550. The second-order valence-corrected chi connectivity index (χ2v) is 7.94. The minimum atomic E-state index is -0.312. The zero-order valence-electron chi connectivity index (χ0n) is 19.2. The fourth-order valence-corrected chi connectivity index (χ4v) is 4.03. The standard InChI is InChI=1S/C28H24N4O3/c1-2-35-22-14-12-21(13-15-22)32-27(33)24-11-7-6-10-23(24)25(28(32)34)18-29-26-16-17-30-31(26)19-20-8-4-3-5-9-20/h3-18,34H,2,19H2,1H3. The lowest BCUT2D eigenvalue weighted by Gasteiger charge is -2.14. The molecule has 2 aromatic heterocycles. The molecule has 0 spiro atoms. The van der Waals surface area contributed by atoms with Crippen molar-refractivity contribution in [2.75, 3.05) is 6.61 Å². The van der Waals surface area contributed by atoms with E-state index >= 15 is 0 Å². The van der Waals surface area contributed by atoms with Crippen molar-refractivity contribution in [1.82, 2.24) is 14.3 Å². The van der Waals surface area contributed by atoms with Gasteiger partial charge < -0.3 is 9.84 Å². The molecule has 5 rings (SSSR count). The summed E-state index contributed by atoms with van der Waals surface area (Å²) in [4.78, 5) is 17.9. The van der Waals surface area contributed by atoms with Crippen molar-refractivity contribution < 1.29 is 9.84 Å². The molecule has 35 heavy (non-hydrogen) atoms. The lowest BCUT2D eigenvalue weighted by molar-refractivity contribution is 0.340. The smallest absolute Gasteiger partial charge is 0.265 e. The van der Waals surface area contributed by atoms with E-state index in [0.29, 0.717) is 46.7 Å². The molecule has 7 nitrogen and oxygen atoms in total. The molecule has 1 N–H and O–H groups in total. The molecule has 0 radical (unpaired) electrons. The molecule has 7 heteroatoms. The monoisotopic (exact) mass is 464 g/mol. The van der Waals surface area contributed by atoms with Crippen LogP contribution in [0.25, 0.3) is 16.5 Å². The maximum absolute atomic E-state index is 13.3. The van der Waals surface area contributed by atoms with E-state index < -0.39 is 0 Å². The molecule has 5 aromatic rings. The third-order valence-electron chi connectivity index (χ3n) is 5.70. The van der Waals surface area contributed by atoms with Crippen LogP contribution in [0.1, 0.15) is 18.1 Å². The van der Waals surface area contributed by atoms with Crippen molar-refractivity contribution in [2.24, 2.45) is 4.99 Å². The maximum atomic E-state index is 13.3. The molecule has 2 heterocycles. The van der Waals surface area contributed by atoms with Crippen LogP contribution >= 0.6 is 0 Å². The first kappa shape index (κ1) is 22.2. The normalized spacial score (nSPS) is 11.3. The van der Waals surface area contributed by atoms with E-state index in [1.54, 1.807) is 59.6 Å². The van der Waals surface area contributed by atoms with Gasteiger partial charge in [-0.2, -0.15) is 5.10 Å². The Labute approximate surface area is 202 Å². The molecule has 0 amide bonds. The van der Waals surface area contributed by atoms with E-state index in [4.69, 9.17) is 4.74 Å². The van der Waals surface area contributed by atoms with Gasteiger partial charge in [0.05, 0.1) is 30.6 Å². The predicted molar refractivity (Wildman–Crippen MR) is 137 cm³/mol. The number of benzene rings is 3. The van der Waals surface area contributed by atoms with E-state index in [1.165, 1.54) is 4.57 Å². The van der Waals surface area contributed by atoms with Gasteiger partial charge in [0.15, 0.2) is 5.82 Å². The summed E-state index contributed by atoms with van der Waals surface area (Å²) in [5.74, 6) is 1.14. The molecule has 3 aromatic carbocycles. The van der Waals surface area contributed by atoms with Crippen LogP contribution in [0.3, 0.4) is 0 Å². The van der Waals surface area contributed by atoms with Crippen LogP contribution in [0.15, 0.2) is 101 Å². The summed E-state index contributed by atoms with van der Waals surface area (Å²) in [5.41, 5.74) is 1.77. The molecule has 0 aliphatic rings. The van der Waals surface area contributed by atoms with Crippen LogP contribution in [0.2, 0.25) is 0 Å². The minimum Gasteiger partial charge on any atom is -0.494 e. The SMILES string of the molecule is CCOc1ccc(-n2c(O)c(C=Nc3ccnn3Cc3ccccc3)c3ccccc3c2=O)cc1. The zero-order chi connectivity index (χ0) is 24.2. The Balaban J connectivity index is 1.59. The molecule has 0 saturated carbocycles. The van der Waals surface area contributed by atoms with Crippen molar-refractivity contribution in [3.63, 3.8) is 0 Å². The molecule has 0 aliphatic carbocycles. The summed E-state index contributed by atoms with van der Waals surface area (Å²) in [6.45, 7) is 3.02. The van der Waals surface area contributed by atoms with Crippen molar-refractivity contribution >= 4 is 22.8 Å². The molecule has 0 aliphatic heterocycles. The molecule has 0 bridgehead atoms. The molecule has 0 unspecified atom stereocenters. The van der Waals surface area contributed by atoms with E-state index in [0.717, 1.165) is 5.56 Å². The van der Waals surface area contributed by atoms with E-state index in [1.807, 2.05) is 49.4 Å². The van der Waals surface area contributed by atoms with Crippen molar-refractivity contribution in [3.8, 4) is 17.3 Å². The van der Waals surface area contributed by atoms with Gasteiger partial charge in [-0.15, -0.1) is 0 Å². The lowest BCUT2D eigenvalue weighted by Crippen LogP contribution is -2.20. The number of rotatable bonds is 7. The molecular weight excluding hydrogens is 440 g/mol. The zero-order valence-corrected chi connectivity index (χ0v) is 19.2. The number of nitrogens with zero attached hydrogens (tertiary/aromatic N) is 4. The number of pyridine rings is 1. The predicted octanol–water partition coefficient (Wildman–Crippen LogP) is 5.09. The number of ether oxygens (including phenoxy) is 1. The highest BCUT2D eigenvalue weighted by atomic mass is 16.5. The Morgan fingerprint density at radius 1 is 0.943 bits per heavy atom. The molecule has 0 fully saturated rings. The molecule has 0 atom stereocenters. The fourth-order valence-electron chi connectivity index (χ4n) is 4.03. The first-order valence-corrected chi connectivity index (χ1v) is 11.4. The van der Waals surface area contributed by atoms with Gasteiger partial charge in [0, 0.05) is 23.1 Å². The van der Waals surface area contributed by atoms with Crippen LogP contribution in [-0.4, -0.2) is 32.3 Å². The lowest BCUT2D eigenvalue weighted by atomic mass is 10.1. The van der Waals surface area contributed by atoms with Gasteiger partial charge in [-0.3, -0.25) is 4.79 Å². The van der Waals surface area contributed by atoms with Crippen molar-refractivity contribution in [2.45, 2.75) is 13.5 Å². The summed E-state index contributed by atoms with van der Waals surface area (Å²) < 4.78 is 8.58.